The molecule has 3 N–H and O–H groups in total. The first-order chi connectivity index (χ1) is 9.43. The number of hydrogen-bond donors (Lipinski definition) is 2. The number of rotatable bonds is 8. The number of hydrogen-bond acceptors (Lipinski definition) is 3. The highest BCUT2D eigenvalue weighted by molar-refractivity contribution is 7.80. The Morgan fingerprint density at radius 1 is 1.30 bits per heavy atom. The van der Waals surface area contributed by atoms with Crippen LogP contribution in [-0.2, 0) is 4.74 Å². The van der Waals surface area contributed by atoms with E-state index in [2.05, 4.69) is 31.4 Å². The molecule has 0 spiro atoms. The Bertz CT molecular complexity index is 467. The predicted octanol–water partition coefficient (Wildman–Crippen LogP) is 3.07. The second kappa shape index (κ2) is 8.11. The average Bonchev–Trinajstić information content (AvgIpc) is 2.37. The van der Waals surface area contributed by atoms with Crippen LogP contribution in [-0.4, -0.2) is 24.7 Å². The number of anilines is 1. The largest absolute Gasteiger partial charge is 0.389 e. The third kappa shape index (κ3) is 5.02. The van der Waals surface area contributed by atoms with Crippen LogP contribution in [0.2, 0.25) is 0 Å². The van der Waals surface area contributed by atoms with Gasteiger partial charge in [0, 0.05) is 18.7 Å². The molecule has 6 heteroatoms. The molecule has 0 aromatic heterocycles. The minimum atomic E-state index is -1.02. The van der Waals surface area contributed by atoms with Crippen LogP contribution in [0.4, 0.5) is 14.5 Å². The summed E-state index contributed by atoms with van der Waals surface area (Å²) in [6, 6.07) is 2.78. The van der Waals surface area contributed by atoms with E-state index in [0.29, 0.717) is 25.7 Å². The highest BCUT2D eigenvalue weighted by atomic mass is 32.1. The maximum absolute atomic E-state index is 13.7. The van der Waals surface area contributed by atoms with E-state index in [0.717, 1.165) is 6.42 Å². The van der Waals surface area contributed by atoms with E-state index in [4.69, 9.17) is 10.5 Å². The lowest BCUT2D eigenvalue weighted by Gasteiger charge is -2.11. The summed E-state index contributed by atoms with van der Waals surface area (Å²) in [4.78, 5) is -0.162. The van der Waals surface area contributed by atoms with Crippen LogP contribution in [0.5, 0.6) is 0 Å². The van der Waals surface area contributed by atoms with E-state index in [-0.39, 0.29) is 16.2 Å². The molecule has 0 bridgehead atoms. The predicted molar refractivity (Wildman–Crippen MR) is 81.0 cm³/mol. The van der Waals surface area contributed by atoms with Gasteiger partial charge in [0.05, 0.1) is 12.3 Å². The van der Waals surface area contributed by atoms with E-state index in [1.54, 1.807) is 0 Å². The Morgan fingerprint density at radius 3 is 2.60 bits per heavy atom. The van der Waals surface area contributed by atoms with Crippen molar-refractivity contribution >= 4 is 22.9 Å². The lowest BCUT2D eigenvalue weighted by Crippen LogP contribution is -2.15. The summed E-state index contributed by atoms with van der Waals surface area (Å²) in [5.41, 5.74) is 5.29. The fourth-order valence-electron chi connectivity index (χ4n) is 1.56. The molecule has 0 saturated heterocycles. The van der Waals surface area contributed by atoms with Gasteiger partial charge in [0.25, 0.3) is 0 Å². The summed E-state index contributed by atoms with van der Waals surface area (Å²) >= 11 is 4.64. The molecule has 0 aliphatic carbocycles. The number of ether oxygens (including phenoxy) is 1. The number of nitrogens with two attached hydrogens (primary N) is 1. The van der Waals surface area contributed by atoms with Gasteiger partial charge in [-0.2, -0.15) is 0 Å². The van der Waals surface area contributed by atoms with Crippen LogP contribution in [0.1, 0.15) is 25.8 Å². The highest BCUT2D eigenvalue weighted by Crippen LogP contribution is 2.20. The van der Waals surface area contributed by atoms with Crippen molar-refractivity contribution in [3.63, 3.8) is 0 Å². The summed E-state index contributed by atoms with van der Waals surface area (Å²) in [5.74, 6) is -1.41. The normalized spacial score (nSPS) is 10.8. The Kier molecular flexibility index (Phi) is 6.81. The van der Waals surface area contributed by atoms with Crippen LogP contribution in [0, 0.1) is 17.6 Å². The van der Waals surface area contributed by atoms with Crippen LogP contribution in [0.25, 0.3) is 0 Å². The second-order valence-corrected chi connectivity index (χ2v) is 5.31. The quantitative estimate of drug-likeness (QED) is 0.572. The van der Waals surface area contributed by atoms with Gasteiger partial charge in [0.2, 0.25) is 0 Å². The number of nitrogens with one attached hydrogen (secondary N) is 1. The smallest absolute Gasteiger partial charge is 0.182 e. The summed E-state index contributed by atoms with van der Waals surface area (Å²) in [6.45, 7) is 5.73. The van der Waals surface area contributed by atoms with Gasteiger partial charge in [-0.3, -0.25) is 0 Å². The lowest BCUT2D eigenvalue weighted by atomic mass is 10.1. The SMILES string of the molecule is CC(C)CCOCCNc1ccc(C(N)=S)c(F)c1F. The maximum Gasteiger partial charge on any atom is 0.182 e. The van der Waals surface area contributed by atoms with Crippen molar-refractivity contribution < 1.29 is 13.5 Å². The van der Waals surface area contributed by atoms with E-state index in [9.17, 15) is 8.78 Å². The minimum absolute atomic E-state index is 0.0787. The molecule has 112 valence electrons. The topological polar surface area (TPSA) is 47.3 Å². The molecular weight excluding hydrogens is 282 g/mol. The zero-order valence-corrected chi connectivity index (χ0v) is 12.5. The zero-order valence-electron chi connectivity index (χ0n) is 11.7. The number of benzene rings is 1. The molecule has 1 aromatic rings. The highest BCUT2D eigenvalue weighted by Gasteiger charge is 2.14. The summed E-state index contributed by atoms with van der Waals surface area (Å²) in [5, 5.41) is 2.78. The zero-order chi connectivity index (χ0) is 15.1. The molecule has 20 heavy (non-hydrogen) atoms. The van der Waals surface area contributed by atoms with Crippen LogP contribution >= 0.6 is 12.2 Å². The van der Waals surface area contributed by atoms with Crippen LogP contribution < -0.4 is 11.1 Å². The summed E-state index contributed by atoms with van der Waals surface area (Å²) < 4.78 is 32.7. The standard InChI is InChI=1S/C14H20F2N2OS/c1-9(2)5-7-19-8-6-18-11-4-3-10(14(17)20)12(15)13(11)16/h3-4,9,18H,5-8H2,1-2H3,(H2,17,20). The van der Waals surface area contributed by atoms with Crippen LogP contribution in [0.3, 0.4) is 0 Å². The molecule has 0 fully saturated rings. The first-order valence-electron chi connectivity index (χ1n) is 6.53. The van der Waals surface area contributed by atoms with Gasteiger partial charge in [-0.05, 0) is 24.5 Å². The molecule has 0 atom stereocenters. The Morgan fingerprint density at radius 2 is 2.00 bits per heavy atom. The Labute approximate surface area is 123 Å². The van der Waals surface area contributed by atoms with E-state index in [1.807, 2.05) is 0 Å². The molecule has 0 radical (unpaired) electrons. The van der Waals surface area contributed by atoms with Crippen molar-refractivity contribution in [3.05, 3.63) is 29.3 Å². The van der Waals surface area contributed by atoms with E-state index >= 15 is 0 Å². The molecule has 1 aromatic carbocycles. The average molecular weight is 302 g/mol. The van der Waals surface area contributed by atoms with Gasteiger partial charge in [0.1, 0.15) is 4.99 Å². The first kappa shape index (κ1) is 16.8. The van der Waals surface area contributed by atoms with Gasteiger partial charge >= 0.3 is 0 Å². The Hall–Kier alpha value is -1.27. The third-order valence-corrected chi connectivity index (χ3v) is 2.97. The van der Waals surface area contributed by atoms with Crippen molar-refractivity contribution in [1.29, 1.82) is 0 Å². The Balaban J connectivity index is 2.45. The van der Waals surface area contributed by atoms with Crippen molar-refractivity contribution in [2.45, 2.75) is 20.3 Å². The number of thiocarbonyl (C=S) groups is 1. The molecule has 0 amide bonds. The second-order valence-electron chi connectivity index (χ2n) is 4.87. The monoisotopic (exact) mass is 302 g/mol. The number of halogens is 2. The molecule has 0 aliphatic heterocycles. The fraction of sp³-hybridized carbons (Fsp3) is 0.500. The molecule has 3 nitrogen and oxygen atoms in total. The first-order valence-corrected chi connectivity index (χ1v) is 6.93. The maximum atomic E-state index is 13.7. The van der Waals surface area contributed by atoms with E-state index in [1.165, 1.54) is 12.1 Å². The lowest BCUT2D eigenvalue weighted by molar-refractivity contribution is 0.132. The molecule has 0 saturated carbocycles. The van der Waals surface area contributed by atoms with Gasteiger partial charge in [-0.25, -0.2) is 8.78 Å². The van der Waals surface area contributed by atoms with Crippen molar-refractivity contribution in [3.8, 4) is 0 Å². The third-order valence-electron chi connectivity index (χ3n) is 2.75. The molecule has 0 unspecified atom stereocenters. The minimum Gasteiger partial charge on any atom is -0.389 e. The van der Waals surface area contributed by atoms with Gasteiger partial charge in [-0.15, -0.1) is 0 Å². The van der Waals surface area contributed by atoms with Gasteiger partial charge in [-0.1, -0.05) is 26.1 Å². The van der Waals surface area contributed by atoms with Crippen molar-refractivity contribution in [2.75, 3.05) is 25.1 Å². The summed E-state index contributed by atoms with van der Waals surface area (Å²) in [7, 11) is 0. The molecule has 1 rings (SSSR count). The fourth-order valence-corrected chi connectivity index (χ4v) is 1.71. The van der Waals surface area contributed by atoms with Gasteiger partial charge in [0.15, 0.2) is 11.6 Å². The van der Waals surface area contributed by atoms with Crippen molar-refractivity contribution in [1.82, 2.24) is 0 Å². The van der Waals surface area contributed by atoms with Crippen molar-refractivity contribution in [2.24, 2.45) is 11.7 Å². The van der Waals surface area contributed by atoms with Crippen LogP contribution in [0.15, 0.2) is 12.1 Å². The molecule has 0 aliphatic rings. The molecule has 0 heterocycles. The van der Waals surface area contributed by atoms with Gasteiger partial charge < -0.3 is 15.8 Å². The molecular formula is C14H20F2N2OS. The summed E-state index contributed by atoms with van der Waals surface area (Å²) in [6.07, 6.45) is 0.978. The van der Waals surface area contributed by atoms with E-state index < -0.39 is 11.6 Å².